The number of rotatable bonds is 6. The molecule has 3 nitrogen and oxygen atoms in total. The van der Waals surface area contributed by atoms with Crippen molar-refractivity contribution in [3.63, 3.8) is 0 Å². The maximum absolute atomic E-state index is 6.04. The Morgan fingerprint density at radius 1 is 1.29 bits per heavy atom. The van der Waals surface area contributed by atoms with Gasteiger partial charge in [-0.2, -0.15) is 4.98 Å². The fourth-order valence-electron chi connectivity index (χ4n) is 1.61. The van der Waals surface area contributed by atoms with Gasteiger partial charge in [-0.25, -0.2) is 4.98 Å². The SMILES string of the molecule is CCCC(C)COc1nc(CC)nc(Cl)c1C. The van der Waals surface area contributed by atoms with Crippen LogP contribution in [0.15, 0.2) is 0 Å². The first-order valence-electron chi connectivity index (χ1n) is 6.24. The molecule has 0 N–H and O–H groups in total. The Morgan fingerprint density at radius 3 is 2.59 bits per heavy atom. The lowest BCUT2D eigenvalue weighted by Crippen LogP contribution is -2.11. The van der Waals surface area contributed by atoms with Crippen LogP contribution in [-0.4, -0.2) is 16.6 Å². The molecule has 0 aliphatic carbocycles. The van der Waals surface area contributed by atoms with Crippen LogP contribution in [0, 0.1) is 12.8 Å². The van der Waals surface area contributed by atoms with Crippen LogP contribution >= 0.6 is 11.6 Å². The lowest BCUT2D eigenvalue weighted by molar-refractivity contribution is 0.240. The van der Waals surface area contributed by atoms with Crippen molar-refractivity contribution in [2.75, 3.05) is 6.61 Å². The van der Waals surface area contributed by atoms with Crippen LogP contribution in [0.3, 0.4) is 0 Å². The molecule has 1 aromatic rings. The molecule has 0 saturated carbocycles. The predicted molar refractivity (Wildman–Crippen MR) is 70.7 cm³/mol. The minimum absolute atomic E-state index is 0.495. The van der Waals surface area contributed by atoms with Crippen LogP contribution in [0.4, 0.5) is 0 Å². The van der Waals surface area contributed by atoms with Gasteiger partial charge < -0.3 is 4.74 Å². The van der Waals surface area contributed by atoms with Crippen LogP contribution in [0.2, 0.25) is 5.15 Å². The van der Waals surface area contributed by atoms with E-state index in [4.69, 9.17) is 16.3 Å². The standard InChI is InChI=1S/C13H21ClN2O/c1-5-7-9(3)8-17-13-10(4)12(14)15-11(6-2)16-13/h9H,5-8H2,1-4H3. The number of aryl methyl sites for hydroxylation is 1. The van der Waals surface area contributed by atoms with Gasteiger partial charge in [0, 0.05) is 12.0 Å². The first-order chi connectivity index (χ1) is 8.08. The number of ether oxygens (including phenoxy) is 1. The van der Waals surface area contributed by atoms with Gasteiger partial charge in [-0.15, -0.1) is 0 Å². The first kappa shape index (κ1) is 14.2. The summed E-state index contributed by atoms with van der Waals surface area (Å²) < 4.78 is 5.74. The molecular weight excluding hydrogens is 236 g/mol. The zero-order valence-corrected chi connectivity index (χ0v) is 11.8. The molecule has 0 aliphatic rings. The smallest absolute Gasteiger partial charge is 0.221 e. The molecule has 96 valence electrons. The minimum atomic E-state index is 0.495. The van der Waals surface area contributed by atoms with Crippen molar-refractivity contribution in [3.05, 3.63) is 16.5 Å². The van der Waals surface area contributed by atoms with Crippen LogP contribution < -0.4 is 4.74 Å². The molecule has 0 saturated heterocycles. The van der Waals surface area contributed by atoms with Crippen molar-refractivity contribution in [2.45, 2.75) is 47.0 Å². The van der Waals surface area contributed by atoms with Gasteiger partial charge in [0.1, 0.15) is 11.0 Å². The molecule has 0 aromatic carbocycles. The Bertz CT molecular complexity index is 369. The summed E-state index contributed by atoms with van der Waals surface area (Å²) in [5, 5.41) is 0.495. The Kier molecular flexibility index (Phi) is 5.69. The van der Waals surface area contributed by atoms with Crippen molar-refractivity contribution < 1.29 is 4.74 Å². The van der Waals surface area contributed by atoms with Crippen molar-refractivity contribution in [2.24, 2.45) is 5.92 Å². The molecule has 0 radical (unpaired) electrons. The Morgan fingerprint density at radius 2 is 2.00 bits per heavy atom. The van der Waals surface area contributed by atoms with E-state index in [0.29, 0.717) is 23.6 Å². The summed E-state index contributed by atoms with van der Waals surface area (Å²) in [5.41, 5.74) is 0.826. The Hall–Kier alpha value is -0.830. The van der Waals surface area contributed by atoms with Gasteiger partial charge >= 0.3 is 0 Å². The van der Waals surface area contributed by atoms with E-state index in [1.165, 1.54) is 12.8 Å². The topological polar surface area (TPSA) is 35.0 Å². The van der Waals surface area contributed by atoms with E-state index in [1.54, 1.807) is 0 Å². The van der Waals surface area contributed by atoms with Gasteiger partial charge in [0.05, 0.1) is 6.61 Å². The van der Waals surface area contributed by atoms with Crippen LogP contribution in [0.25, 0.3) is 0 Å². The maximum Gasteiger partial charge on any atom is 0.221 e. The third kappa shape index (κ3) is 4.15. The lowest BCUT2D eigenvalue weighted by atomic mass is 10.1. The van der Waals surface area contributed by atoms with E-state index in [1.807, 2.05) is 13.8 Å². The molecule has 1 rings (SSSR count). The Labute approximate surface area is 109 Å². The second-order valence-corrected chi connectivity index (χ2v) is 4.78. The third-order valence-corrected chi connectivity index (χ3v) is 3.06. The van der Waals surface area contributed by atoms with Gasteiger partial charge in [0.2, 0.25) is 5.88 Å². The molecule has 1 atom stereocenters. The van der Waals surface area contributed by atoms with Crippen LogP contribution in [-0.2, 0) is 6.42 Å². The molecular formula is C13H21ClN2O. The third-order valence-electron chi connectivity index (χ3n) is 2.69. The normalized spacial score (nSPS) is 12.5. The zero-order valence-electron chi connectivity index (χ0n) is 11.1. The summed E-state index contributed by atoms with van der Waals surface area (Å²) in [6.07, 6.45) is 3.10. The quantitative estimate of drug-likeness (QED) is 0.726. The van der Waals surface area contributed by atoms with Gasteiger partial charge in [-0.3, -0.25) is 0 Å². The number of hydrogen-bond donors (Lipinski definition) is 0. The van der Waals surface area contributed by atoms with Gasteiger partial charge in [0.25, 0.3) is 0 Å². The number of hydrogen-bond acceptors (Lipinski definition) is 3. The summed E-state index contributed by atoms with van der Waals surface area (Å²) in [7, 11) is 0. The average Bonchev–Trinajstić information content (AvgIpc) is 2.31. The molecule has 1 aromatic heterocycles. The van der Waals surface area contributed by atoms with Gasteiger partial charge in [-0.05, 0) is 19.3 Å². The molecule has 0 spiro atoms. The highest BCUT2D eigenvalue weighted by Crippen LogP contribution is 2.22. The second kappa shape index (κ2) is 6.80. The zero-order chi connectivity index (χ0) is 12.8. The highest BCUT2D eigenvalue weighted by atomic mass is 35.5. The molecule has 0 aliphatic heterocycles. The average molecular weight is 257 g/mol. The van der Waals surface area contributed by atoms with Crippen LogP contribution in [0.1, 0.15) is 45.0 Å². The predicted octanol–water partition coefficient (Wildman–Crippen LogP) is 3.82. The van der Waals surface area contributed by atoms with E-state index >= 15 is 0 Å². The van der Waals surface area contributed by atoms with Crippen LogP contribution in [0.5, 0.6) is 5.88 Å². The molecule has 1 heterocycles. The highest BCUT2D eigenvalue weighted by molar-refractivity contribution is 6.30. The number of nitrogens with zero attached hydrogens (tertiary/aromatic N) is 2. The summed E-state index contributed by atoms with van der Waals surface area (Å²) >= 11 is 6.04. The molecule has 0 amide bonds. The van der Waals surface area contributed by atoms with Crippen molar-refractivity contribution in [3.8, 4) is 5.88 Å². The van der Waals surface area contributed by atoms with E-state index in [0.717, 1.165) is 17.8 Å². The first-order valence-corrected chi connectivity index (χ1v) is 6.62. The van der Waals surface area contributed by atoms with E-state index in [2.05, 4.69) is 23.8 Å². The summed E-state index contributed by atoms with van der Waals surface area (Å²) in [6.45, 7) is 8.94. The molecule has 0 fully saturated rings. The molecule has 4 heteroatoms. The monoisotopic (exact) mass is 256 g/mol. The lowest BCUT2D eigenvalue weighted by Gasteiger charge is -2.14. The fraction of sp³-hybridized carbons (Fsp3) is 0.692. The summed E-state index contributed by atoms with van der Waals surface area (Å²) in [6, 6.07) is 0. The minimum Gasteiger partial charge on any atom is -0.477 e. The van der Waals surface area contributed by atoms with E-state index in [-0.39, 0.29) is 0 Å². The fourth-order valence-corrected chi connectivity index (χ4v) is 1.79. The maximum atomic E-state index is 6.04. The molecule has 0 bridgehead atoms. The highest BCUT2D eigenvalue weighted by Gasteiger charge is 2.11. The van der Waals surface area contributed by atoms with Gasteiger partial charge in [-0.1, -0.05) is 38.8 Å². The second-order valence-electron chi connectivity index (χ2n) is 4.42. The number of halogens is 1. The summed E-state index contributed by atoms with van der Waals surface area (Å²) in [5.74, 6) is 1.90. The number of aromatic nitrogens is 2. The van der Waals surface area contributed by atoms with E-state index in [9.17, 15) is 0 Å². The van der Waals surface area contributed by atoms with Crippen molar-refractivity contribution in [1.82, 2.24) is 9.97 Å². The summed E-state index contributed by atoms with van der Waals surface area (Å²) in [4.78, 5) is 8.56. The van der Waals surface area contributed by atoms with Crippen molar-refractivity contribution in [1.29, 1.82) is 0 Å². The molecule has 1 unspecified atom stereocenters. The Balaban J connectivity index is 2.72. The molecule has 17 heavy (non-hydrogen) atoms. The van der Waals surface area contributed by atoms with Crippen molar-refractivity contribution >= 4 is 11.6 Å². The largest absolute Gasteiger partial charge is 0.477 e. The van der Waals surface area contributed by atoms with E-state index < -0.39 is 0 Å². The van der Waals surface area contributed by atoms with Gasteiger partial charge in [0.15, 0.2) is 0 Å².